The van der Waals surface area contributed by atoms with Crippen LogP contribution in [0.15, 0.2) is 12.1 Å². The average Bonchev–Trinajstić information content (AvgIpc) is 3.06. The van der Waals surface area contributed by atoms with Crippen molar-refractivity contribution in [1.82, 2.24) is 9.88 Å². The van der Waals surface area contributed by atoms with E-state index in [9.17, 15) is 4.79 Å². The van der Waals surface area contributed by atoms with Crippen molar-refractivity contribution in [1.29, 1.82) is 0 Å². The van der Waals surface area contributed by atoms with E-state index in [0.29, 0.717) is 16.5 Å². The molecule has 0 bridgehead atoms. The molecule has 1 amide bonds. The minimum atomic E-state index is 0.0680. The van der Waals surface area contributed by atoms with E-state index in [4.69, 9.17) is 5.73 Å². The van der Waals surface area contributed by atoms with Crippen molar-refractivity contribution < 1.29 is 4.79 Å². The van der Waals surface area contributed by atoms with E-state index in [0.717, 1.165) is 48.3 Å². The van der Waals surface area contributed by atoms with Gasteiger partial charge in [-0.2, -0.15) is 0 Å². The Morgan fingerprint density at radius 1 is 1.38 bits per heavy atom. The molecule has 1 aliphatic rings. The number of nitrogens with zero attached hydrogens (tertiary/aromatic N) is 2. The fourth-order valence-corrected chi connectivity index (χ4v) is 3.87. The molecule has 0 radical (unpaired) electrons. The molecule has 0 aromatic carbocycles. The first-order valence-electron chi connectivity index (χ1n) is 7.53. The van der Waals surface area contributed by atoms with Gasteiger partial charge in [-0.1, -0.05) is 13.8 Å². The van der Waals surface area contributed by atoms with E-state index in [-0.39, 0.29) is 5.91 Å². The van der Waals surface area contributed by atoms with Gasteiger partial charge < -0.3 is 10.6 Å². The zero-order chi connectivity index (χ0) is 15.0. The Kier molecular flexibility index (Phi) is 3.85. The Labute approximate surface area is 129 Å². The predicted octanol–water partition coefficient (Wildman–Crippen LogP) is 3.31. The third kappa shape index (κ3) is 2.75. The molecular weight excluding hydrogens is 282 g/mol. The lowest BCUT2D eigenvalue weighted by Crippen LogP contribution is -2.27. The van der Waals surface area contributed by atoms with Gasteiger partial charge in [-0.05, 0) is 37.3 Å². The normalized spacial score (nSPS) is 15.3. The standard InChI is InChI=1S/C16H21N3OS/c1-10(2)9-11-5-6-12-13(17)14(21-15(12)18-11)16(20)19-7-3-4-8-19/h5-6,10H,3-4,7-9,17H2,1-2H3. The third-order valence-corrected chi connectivity index (χ3v) is 4.96. The second-order valence-electron chi connectivity index (χ2n) is 6.10. The topological polar surface area (TPSA) is 59.2 Å². The van der Waals surface area contributed by atoms with E-state index >= 15 is 0 Å². The maximum absolute atomic E-state index is 12.5. The van der Waals surface area contributed by atoms with Gasteiger partial charge in [-0.25, -0.2) is 4.98 Å². The van der Waals surface area contributed by atoms with Crippen LogP contribution in [0.3, 0.4) is 0 Å². The summed E-state index contributed by atoms with van der Waals surface area (Å²) in [6.07, 6.45) is 3.13. The lowest BCUT2D eigenvalue weighted by atomic mass is 10.1. The van der Waals surface area contributed by atoms with E-state index < -0.39 is 0 Å². The number of rotatable bonds is 3. The number of hydrogen-bond acceptors (Lipinski definition) is 4. The molecule has 0 atom stereocenters. The summed E-state index contributed by atoms with van der Waals surface area (Å²) in [5.74, 6) is 0.636. The lowest BCUT2D eigenvalue weighted by molar-refractivity contribution is 0.0798. The first-order chi connectivity index (χ1) is 10.1. The molecule has 4 nitrogen and oxygen atoms in total. The summed E-state index contributed by atoms with van der Waals surface area (Å²) in [6, 6.07) is 4.03. The predicted molar refractivity (Wildman–Crippen MR) is 87.7 cm³/mol. The van der Waals surface area contributed by atoms with Gasteiger partial charge in [0.05, 0.1) is 5.69 Å². The fraction of sp³-hybridized carbons (Fsp3) is 0.500. The van der Waals surface area contributed by atoms with Crippen LogP contribution in [0.2, 0.25) is 0 Å². The third-order valence-electron chi connectivity index (χ3n) is 3.86. The van der Waals surface area contributed by atoms with E-state index in [1.54, 1.807) is 0 Å². The van der Waals surface area contributed by atoms with Gasteiger partial charge in [0, 0.05) is 24.2 Å². The van der Waals surface area contributed by atoms with Gasteiger partial charge in [0.15, 0.2) is 0 Å². The van der Waals surface area contributed by atoms with Crippen LogP contribution in [-0.2, 0) is 6.42 Å². The monoisotopic (exact) mass is 303 g/mol. The highest BCUT2D eigenvalue weighted by Crippen LogP contribution is 2.34. The number of amides is 1. The van der Waals surface area contributed by atoms with Crippen LogP contribution in [0.5, 0.6) is 0 Å². The summed E-state index contributed by atoms with van der Waals surface area (Å²) in [5, 5.41) is 0.912. The van der Waals surface area contributed by atoms with Gasteiger partial charge in [0.25, 0.3) is 5.91 Å². The molecule has 1 fully saturated rings. The molecule has 1 saturated heterocycles. The number of aromatic nitrogens is 1. The summed E-state index contributed by atoms with van der Waals surface area (Å²) in [6.45, 7) is 6.05. The summed E-state index contributed by atoms with van der Waals surface area (Å²) < 4.78 is 0. The molecule has 3 rings (SSSR count). The van der Waals surface area contributed by atoms with Gasteiger partial charge in [-0.15, -0.1) is 11.3 Å². The first kappa shape index (κ1) is 14.3. The van der Waals surface area contributed by atoms with E-state index in [1.807, 2.05) is 17.0 Å². The molecule has 21 heavy (non-hydrogen) atoms. The summed E-state index contributed by atoms with van der Waals surface area (Å²) in [4.78, 5) is 20.6. The Morgan fingerprint density at radius 2 is 2.10 bits per heavy atom. The van der Waals surface area contributed by atoms with E-state index in [1.165, 1.54) is 11.3 Å². The Hall–Kier alpha value is -1.62. The molecule has 0 saturated carbocycles. The number of nitrogen functional groups attached to an aromatic ring is 1. The molecular formula is C16H21N3OS. The number of thiophene rings is 1. The highest BCUT2D eigenvalue weighted by molar-refractivity contribution is 7.21. The Bertz CT molecular complexity index is 671. The van der Waals surface area contributed by atoms with Crippen LogP contribution in [0, 0.1) is 5.92 Å². The quantitative estimate of drug-likeness (QED) is 0.946. The maximum atomic E-state index is 12.5. The van der Waals surface area contributed by atoms with Crippen LogP contribution in [0.25, 0.3) is 10.2 Å². The Balaban J connectivity index is 1.96. The van der Waals surface area contributed by atoms with Crippen molar-refractivity contribution in [3.05, 3.63) is 22.7 Å². The summed E-state index contributed by atoms with van der Waals surface area (Å²) >= 11 is 1.43. The van der Waals surface area contributed by atoms with Crippen LogP contribution < -0.4 is 5.73 Å². The van der Waals surface area contributed by atoms with Gasteiger partial charge in [-0.3, -0.25) is 4.79 Å². The zero-order valence-electron chi connectivity index (χ0n) is 12.6. The minimum Gasteiger partial charge on any atom is -0.397 e. The number of fused-ring (bicyclic) bond motifs is 1. The maximum Gasteiger partial charge on any atom is 0.266 e. The van der Waals surface area contributed by atoms with Crippen molar-refractivity contribution in [2.75, 3.05) is 18.8 Å². The number of anilines is 1. The number of hydrogen-bond donors (Lipinski definition) is 1. The first-order valence-corrected chi connectivity index (χ1v) is 8.35. The molecule has 3 heterocycles. The molecule has 112 valence electrons. The SMILES string of the molecule is CC(C)Cc1ccc2c(N)c(C(=O)N3CCCC3)sc2n1. The van der Waals surface area contributed by atoms with E-state index in [2.05, 4.69) is 18.8 Å². The summed E-state index contributed by atoms with van der Waals surface area (Å²) in [7, 11) is 0. The van der Waals surface area contributed by atoms with Crippen LogP contribution >= 0.6 is 11.3 Å². The molecule has 2 aromatic heterocycles. The van der Waals surface area contributed by atoms with Crippen molar-refractivity contribution in [2.45, 2.75) is 33.1 Å². The van der Waals surface area contributed by atoms with Crippen molar-refractivity contribution >= 4 is 33.1 Å². The molecule has 2 N–H and O–H groups in total. The number of likely N-dealkylation sites (tertiary alicyclic amines) is 1. The average molecular weight is 303 g/mol. The van der Waals surface area contributed by atoms with Gasteiger partial charge in [0.2, 0.25) is 0 Å². The smallest absolute Gasteiger partial charge is 0.266 e. The van der Waals surface area contributed by atoms with Gasteiger partial charge in [0.1, 0.15) is 9.71 Å². The minimum absolute atomic E-state index is 0.0680. The van der Waals surface area contributed by atoms with Crippen molar-refractivity contribution in [3.63, 3.8) is 0 Å². The summed E-state index contributed by atoms with van der Waals surface area (Å²) in [5.41, 5.74) is 7.84. The lowest BCUT2D eigenvalue weighted by Gasteiger charge is -2.13. The van der Waals surface area contributed by atoms with Crippen molar-refractivity contribution in [2.24, 2.45) is 5.92 Å². The second-order valence-corrected chi connectivity index (χ2v) is 7.10. The molecule has 2 aromatic rings. The zero-order valence-corrected chi connectivity index (χ0v) is 13.4. The van der Waals surface area contributed by atoms with Crippen molar-refractivity contribution in [3.8, 4) is 0 Å². The molecule has 0 unspecified atom stereocenters. The number of pyridine rings is 1. The highest BCUT2D eigenvalue weighted by atomic mass is 32.1. The van der Waals surface area contributed by atoms with Crippen LogP contribution in [-0.4, -0.2) is 28.9 Å². The van der Waals surface area contributed by atoms with Gasteiger partial charge >= 0.3 is 0 Å². The fourth-order valence-electron chi connectivity index (χ4n) is 2.79. The number of nitrogens with two attached hydrogens (primary N) is 1. The number of carbonyl (C=O) groups is 1. The van der Waals surface area contributed by atoms with Crippen LogP contribution in [0.1, 0.15) is 42.1 Å². The van der Waals surface area contributed by atoms with Crippen LogP contribution in [0.4, 0.5) is 5.69 Å². The molecule has 0 aliphatic carbocycles. The molecule has 5 heteroatoms. The molecule has 1 aliphatic heterocycles. The Morgan fingerprint density at radius 3 is 2.76 bits per heavy atom. The molecule has 0 spiro atoms. The number of carbonyl (C=O) groups excluding carboxylic acids is 1. The second kappa shape index (κ2) is 5.64. The highest BCUT2D eigenvalue weighted by Gasteiger charge is 2.24. The largest absolute Gasteiger partial charge is 0.397 e.